The Morgan fingerprint density at radius 3 is 2.55 bits per heavy atom. The normalized spacial score (nSPS) is 20.1. The summed E-state index contributed by atoms with van der Waals surface area (Å²) in [5.74, 6) is 0.985. The van der Waals surface area contributed by atoms with Gasteiger partial charge in [0, 0.05) is 0 Å². The van der Waals surface area contributed by atoms with Crippen LogP contribution >= 0.6 is 0 Å². The highest BCUT2D eigenvalue weighted by Gasteiger charge is 2.12. The van der Waals surface area contributed by atoms with Crippen molar-refractivity contribution in [2.24, 2.45) is 5.92 Å². The van der Waals surface area contributed by atoms with Crippen molar-refractivity contribution in [3.05, 3.63) is 12.2 Å². The van der Waals surface area contributed by atoms with E-state index in [0.717, 1.165) is 12.3 Å². The van der Waals surface area contributed by atoms with Gasteiger partial charge in [-0.25, -0.2) is 0 Å². The molecule has 0 bridgehead atoms. The molecule has 1 aliphatic rings. The molecule has 0 saturated heterocycles. The molecule has 0 unspecified atom stereocenters. The zero-order chi connectivity index (χ0) is 7.94. The van der Waals surface area contributed by atoms with Crippen molar-refractivity contribution in [3.8, 4) is 0 Å². The zero-order valence-electron chi connectivity index (χ0n) is 7.13. The Kier molecular flexibility index (Phi) is 4.29. The molecule has 0 atom stereocenters. The molecule has 0 radical (unpaired) electrons. The van der Waals surface area contributed by atoms with Gasteiger partial charge in [-0.3, -0.25) is 0 Å². The van der Waals surface area contributed by atoms with Crippen LogP contribution in [0.3, 0.4) is 0 Å². The minimum absolute atomic E-state index is 0.199. The Hall–Kier alpha value is -0.300. The third-order valence-electron chi connectivity index (χ3n) is 2.49. The molecule has 1 fully saturated rings. The largest absolute Gasteiger partial charge is 0.392 e. The molecule has 0 aromatic rings. The molecule has 0 aromatic heterocycles. The van der Waals surface area contributed by atoms with E-state index in [1.54, 1.807) is 0 Å². The second-order valence-corrected chi connectivity index (χ2v) is 3.38. The van der Waals surface area contributed by atoms with E-state index < -0.39 is 0 Å². The van der Waals surface area contributed by atoms with Gasteiger partial charge in [0.05, 0.1) is 6.61 Å². The second kappa shape index (κ2) is 5.36. The molecule has 0 amide bonds. The van der Waals surface area contributed by atoms with Gasteiger partial charge in [-0.2, -0.15) is 0 Å². The molecule has 1 N–H and O–H groups in total. The van der Waals surface area contributed by atoms with E-state index in [1.807, 2.05) is 6.08 Å². The molecular weight excluding hydrogens is 136 g/mol. The molecule has 1 heteroatoms. The SMILES string of the molecule is OC/C=C/CCC1CCCC1. The maximum atomic E-state index is 8.47. The van der Waals surface area contributed by atoms with Crippen LogP contribution in [0.4, 0.5) is 0 Å². The lowest BCUT2D eigenvalue weighted by molar-refractivity contribution is 0.342. The molecule has 64 valence electrons. The summed E-state index contributed by atoms with van der Waals surface area (Å²) in [6.07, 6.45) is 12.2. The van der Waals surface area contributed by atoms with Crippen LogP contribution in [0.5, 0.6) is 0 Å². The van der Waals surface area contributed by atoms with Crippen LogP contribution in [0.1, 0.15) is 38.5 Å². The standard InChI is InChI=1S/C10H18O/c11-9-5-1-2-6-10-7-3-4-8-10/h1,5,10-11H,2-4,6-9H2/b5-1+. The van der Waals surface area contributed by atoms with Gasteiger partial charge in [0.25, 0.3) is 0 Å². The van der Waals surface area contributed by atoms with Crippen molar-refractivity contribution in [1.82, 2.24) is 0 Å². The maximum Gasteiger partial charge on any atom is 0.0612 e. The average Bonchev–Trinajstić information content (AvgIpc) is 2.50. The van der Waals surface area contributed by atoms with Gasteiger partial charge in [0.15, 0.2) is 0 Å². The number of allylic oxidation sites excluding steroid dienone is 1. The molecule has 11 heavy (non-hydrogen) atoms. The fraction of sp³-hybridized carbons (Fsp3) is 0.800. The number of hydrogen-bond donors (Lipinski definition) is 1. The van der Waals surface area contributed by atoms with E-state index in [9.17, 15) is 0 Å². The van der Waals surface area contributed by atoms with Crippen LogP contribution in [0, 0.1) is 5.92 Å². The molecule has 1 saturated carbocycles. The van der Waals surface area contributed by atoms with Gasteiger partial charge < -0.3 is 5.11 Å². The minimum Gasteiger partial charge on any atom is -0.392 e. The summed E-state index contributed by atoms with van der Waals surface area (Å²) in [5, 5.41) is 8.47. The zero-order valence-corrected chi connectivity index (χ0v) is 7.13. The van der Waals surface area contributed by atoms with Crippen molar-refractivity contribution in [1.29, 1.82) is 0 Å². The van der Waals surface area contributed by atoms with Crippen LogP contribution in [-0.4, -0.2) is 11.7 Å². The Morgan fingerprint density at radius 1 is 1.18 bits per heavy atom. The first-order valence-electron chi connectivity index (χ1n) is 4.69. The Bertz CT molecular complexity index is 112. The molecule has 0 aromatic carbocycles. The van der Waals surface area contributed by atoms with Crippen LogP contribution in [-0.2, 0) is 0 Å². The highest BCUT2D eigenvalue weighted by atomic mass is 16.2. The topological polar surface area (TPSA) is 20.2 Å². The Morgan fingerprint density at radius 2 is 1.91 bits per heavy atom. The summed E-state index contributed by atoms with van der Waals surface area (Å²) in [7, 11) is 0. The molecule has 1 aliphatic carbocycles. The minimum atomic E-state index is 0.199. The molecule has 0 aliphatic heterocycles. The number of hydrogen-bond acceptors (Lipinski definition) is 1. The Balaban J connectivity index is 1.97. The van der Waals surface area contributed by atoms with Crippen LogP contribution in [0.2, 0.25) is 0 Å². The molecule has 0 heterocycles. The first-order valence-corrected chi connectivity index (χ1v) is 4.69. The van der Waals surface area contributed by atoms with Crippen molar-refractivity contribution < 1.29 is 5.11 Å². The molecule has 1 rings (SSSR count). The lowest BCUT2D eigenvalue weighted by atomic mass is 10.0. The highest BCUT2D eigenvalue weighted by Crippen LogP contribution is 2.28. The number of aliphatic hydroxyl groups excluding tert-OH is 1. The van der Waals surface area contributed by atoms with Gasteiger partial charge >= 0.3 is 0 Å². The van der Waals surface area contributed by atoms with Gasteiger partial charge in [-0.1, -0.05) is 37.8 Å². The molecular formula is C10H18O. The summed E-state index contributed by atoms with van der Waals surface area (Å²) in [6, 6.07) is 0. The van der Waals surface area contributed by atoms with Crippen LogP contribution in [0.25, 0.3) is 0 Å². The van der Waals surface area contributed by atoms with Crippen molar-refractivity contribution >= 4 is 0 Å². The average molecular weight is 154 g/mol. The van der Waals surface area contributed by atoms with Gasteiger partial charge in [-0.05, 0) is 18.8 Å². The smallest absolute Gasteiger partial charge is 0.0612 e. The third kappa shape index (κ3) is 3.57. The first kappa shape index (κ1) is 8.79. The maximum absolute atomic E-state index is 8.47. The van der Waals surface area contributed by atoms with E-state index in [2.05, 4.69) is 6.08 Å². The highest BCUT2D eigenvalue weighted by molar-refractivity contribution is 4.82. The number of aliphatic hydroxyl groups is 1. The van der Waals surface area contributed by atoms with Crippen molar-refractivity contribution in [3.63, 3.8) is 0 Å². The summed E-state index contributed by atoms with van der Waals surface area (Å²) in [5.41, 5.74) is 0. The van der Waals surface area contributed by atoms with Crippen LogP contribution < -0.4 is 0 Å². The van der Waals surface area contributed by atoms with E-state index in [1.165, 1.54) is 32.1 Å². The summed E-state index contributed by atoms with van der Waals surface area (Å²) < 4.78 is 0. The van der Waals surface area contributed by atoms with Crippen molar-refractivity contribution in [2.75, 3.05) is 6.61 Å². The molecule has 1 nitrogen and oxygen atoms in total. The predicted octanol–water partition coefficient (Wildman–Crippen LogP) is 2.51. The van der Waals surface area contributed by atoms with Gasteiger partial charge in [-0.15, -0.1) is 0 Å². The monoisotopic (exact) mass is 154 g/mol. The predicted molar refractivity (Wildman–Crippen MR) is 47.4 cm³/mol. The fourth-order valence-corrected chi connectivity index (χ4v) is 1.82. The summed E-state index contributed by atoms with van der Waals surface area (Å²) in [6.45, 7) is 0.199. The summed E-state index contributed by atoms with van der Waals surface area (Å²) in [4.78, 5) is 0. The van der Waals surface area contributed by atoms with Gasteiger partial charge in [0.2, 0.25) is 0 Å². The Labute approximate surface area is 69.1 Å². The number of rotatable bonds is 4. The van der Waals surface area contributed by atoms with E-state index in [-0.39, 0.29) is 6.61 Å². The third-order valence-corrected chi connectivity index (χ3v) is 2.49. The van der Waals surface area contributed by atoms with Gasteiger partial charge in [0.1, 0.15) is 0 Å². The first-order chi connectivity index (χ1) is 5.43. The second-order valence-electron chi connectivity index (χ2n) is 3.38. The summed E-state index contributed by atoms with van der Waals surface area (Å²) >= 11 is 0. The van der Waals surface area contributed by atoms with E-state index in [0.29, 0.717) is 0 Å². The van der Waals surface area contributed by atoms with Crippen LogP contribution in [0.15, 0.2) is 12.2 Å². The van der Waals surface area contributed by atoms with E-state index in [4.69, 9.17) is 5.11 Å². The molecule has 0 spiro atoms. The quantitative estimate of drug-likeness (QED) is 0.617. The fourth-order valence-electron chi connectivity index (χ4n) is 1.82. The lowest BCUT2D eigenvalue weighted by Crippen LogP contribution is -1.90. The lowest BCUT2D eigenvalue weighted by Gasteiger charge is -2.04. The van der Waals surface area contributed by atoms with Crippen molar-refractivity contribution in [2.45, 2.75) is 38.5 Å². The van der Waals surface area contributed by atoms with E-state index >= 15 is 0 Å².